The van der Waals surface area contributed by atoms with Gasteiger partial charge in [0.1, 0.15) is 11.9 Å². The molecule has 0 aromatic heterocycles. The summed E-state index contributed by atoms with van der Waals surface area (Å²) in [6.07, 6.45) is -5.99. The first kappa shape index (κ1) is 30.7. The first-order chi connectivity index (χ1) is 18.8. The predicted octanol–water partition coefficient (Wildman–Crippen LogP) is 7.95. The van der Waals surface area contributed by atoms with E-state index in [2.05, 4.69) is 39.9 Å². The quantitative estimate of drug-likeness (QED) is 0.252. The highest BCUT2D eigenvalue weighted by atomic mass is 19.4. The Kier molecular flexibility index (Phi) is 10.0. The van der Waals surface area contributed by atoms with Gasteiger partial charge in [-0.15, -0.1) is 0 Å². The maximum absolute atomic E-state index is 12.9. The number of rotatable bonds is 11. The fraction of sp³-hybridized carbons (Fsp3) is 0.375. The van der Waals surface area contributed by atoms with E-state index in [4.69, 9.17) is 9.84 Å². The molecule has 1 unspecified atom stereocenters. The Balaban J connectivity index is 1.82. The molecule has 0 aliphatic heterocycles. The van der Waals surface area contributed by atoms with E-state index in [1.54, 1.807) is 24.3 Å². The van der Waals surface area contributed by atoms with Gasteiger partial charge in [-0.3, -0.25) is 9.59 Å². The topological polar surface area (TPSA) is 75.6 Å². The number of carboxylic acids is 1. The summed E-state index contributed by atoms with van der Waals surface area (Å²) in [5.74, 6) is -0.908. The Bertz CT molecular complexity index is 1320. The van der Waals surface area contributed by atoms with Gasteiger partial charge in [-0.1, -0.05) is 24.3 Å². The number of carbonyl (C=O) groups excluding carboxylic acids is 1. The first-order valence-electron chi connectivity index (χ1n) is 13.3. The van der Waals surface area contributed by atoms with E-state index in [0.29, 0.717) is 16.9 Å². The van der Waals surface area contributed by atoms with Crippen molar-refractivity contribution < 1.29 is 32.6 Å². The molecule has 3 aromatic carbocycles. The summed E-state index contributed by atoms with van der Waals surface area (Å²) >= 11 is 0. The lowest BCUT2D eigenvalue weighted by molar-refractivity contribution is -0.137. The molecule has 0 saturated carbocycles. The Morgan fingerprint density at radius 1 is 0.850 bits per heavy atom. The predicted molar refractivity (Wildman–Crippen MR) is 150 cm³/mol. The third-order valence-electron chi connectivity index (χ3n) is 7.52. The molecule has 3 rings (SSSR count). The summed E-state index contributed by atoms with van der Waals surface area (Å²) in [6, 6.07) is 14.0. The van der Waals surface area contributed by atoms with Crippen LogP contribution in [0.1, 0.15) is 75.5 Å². The fourth-order valence-corrected chi connectivity index (χ4v) is 4.81. The molecule has 0 saturated heterocycles. The number of carboxylic acid groups (broad SMARTS) is 1. The van der Waals surface area contributed by atoms with Gasteiger partial charge < -0.3 is 15.2 Å². The second-order valence-corrected chi connectivity index (χ2v) is 10.2. The molecular weight excluding hydrogens is 519 g/mol. The lowest BCUT2D eigenvalue weighted by Crippen LogP contribution is -2.26. The van der Waals surface area contributed by atoms with Gasteiger partial charge in [0.2, 0.25) is 0 Å². The molecule has 0 fully saturated rings. The van der Waals surface area contributed by atoms with Crippen molar-refractivity contribution in [1.82, 2.24) is 5.32 Å². The van der Waals surface area contributed by atoms with Crippen molar-refractivity contribution in [3.63, 3.8) is 0 Å². The summed E-state index contributed by atoms with van der Waals surface area (Å²) in [7, 11) is 0. The average Bonchev–Trinajstić information content (AvgIpc) is 2.90. The monoisotopic (exact) mass is 555 g/mol. The summed E-state index contributed by atoms with van der Waals surface area (Å²) < 4.78 is 44.8. The molecule has 5 nitrogen and oxygen atoms in total. The molecule has 2 N–H and O–H groups in total. The van der Waals surface area contributed by atoms with Crippen LogP contribution in [-0.4, -0.2) is 29.7 Å². The number of hydrogen-bond donors (Lipinski definition) is 2. The van der Waals surface area contributed by atoms with Crippen LogP contribution in [0, 0.1) is 34.6 Å². The number of nitrogens with one attached hydrogen (secondary N) is 1. The molecule has 0 radical (unpaired) electrons. The summed E-state index contributed by atoms with van der Waals surface area (Å²) in [5.41, 5.74) is 9.39. The third-order valence-corrected chi connectivity index (χ3v) is 7.52. The summed E-state index contributed by atoms with van der Waals surface area (Å²) in [6.45, 7) is 10.6. The number of aliphatic carboxylic acids is 1. The van der Waals surface area contributed by atoms with E-state index >= 15 is 0 Å². The molecule has 40 heavy (non-hydrogen) atoms. The van der Waals surface area contributed by atoms with E-state index in [-0.39, 0.29) is 25.8 Å². The van der Waals surface area contributed by atoms with E-state index in [1.165, 1.54) is 33.4 Å². The average molecular weight is 556 g/mol. The minimum absolute atomic E-state index is 0.00410. The van der Waals surface area contributed by atoms with Gasteiger partial charge in [-0.25, -0.2) is 0 Å². The van der Waals surface area contributed by atoms with Crippen molar-refractivity contribution in [2.24, 2.45) is 0 Å². The third kappa shape index (κ3) is 7.87. The Labute approximate surface area is 233 Å². The highest BCUT2D eigenvalue weighted by Gasteiger charge is 2.27. The smallest absolute Gasteiger partial charge is 0.389 e. The van der Waals surface area contributed by atoms with Gasteiger partial charge in [-0.05, 0) is 116 Å². The van der Waals surface area contributed by atoms with E-state index in [9.17, 15) is 22.8 Å². The molecule has 3 aromatic rings. The minimum Gasteiger partial charge on any atom is -0.486 e. The van der Waals surface area contributed by atoms with Gasteiger partial charge in [0.05, 0.1) is 6.42 Å². The largest absolute Gasteiger partial charge is 0.486 e. The van der Waals surface area contributed by atoms with Crippen LogP contribution in [0.25, 0.3) is 11.1 Å². The summed E-state index contributed by atoms with van der Waals surface area (Å²) in [4.78, 5) is 22.9. The van der Waals surface area contributed by atoms with Crippen molar-refractivity contribution in [1.29, 1.82) is 0 Å². The Morgan fingerprint density at radius 2 is 1.40 bits per heavy atom. The second kappa shape index (κ2) is 13.0. The van der Waals surface area contributed by atoms with Crippen molar-refractivity contribution in [3.05, 3.63) is 87.5 Å². The van der Waals surface area contributed by atoms with Crippen molar-refractivity contribution in [3.8, 4) is 16.9 Å². The number of carbonyl (C=O) groups is 2. The zero-order chi connectivity index (χ0) is 29.6. The number of amides is 1. The molecule has 0 aliphatic carbocycles. The van der Waals surface area contributed by atoms with Crippen molar-refractivity contribution in [2.75, 3.05) is 6.54 Å². The number of ether oxygens (including phenoxy) is 1. The molecule has 0 bridgehead atoms. The molecule has 1 atom stereocenters. The highest BCUT2D eigenvalue weighted by molar-refractivity contribution is 5.94. The van der Waals surface area contributed by atoms with E-state index in [0.717, 1.165) is 5.56 Å². The lowest BCUT2D eigenvalue weighted by Gasteiger charge is -2.22. The van der Waals surface area contributed by atoms with Crippen LogP contribution in [0.4, 0.5) is 13.2 Å². The van der Waals surface area contributed by atoms with Crippen LogP contribution < -0.4 is 10.1 Å². The molecule has 214 valence electrons. The lowest BCUT2D eigenvalue weighted by atomic mass is 9.86. The van der Waals surface area contributed by atoms with Gasteiger partial charge in [0.25, 0.3) is 5.91 Å². The number of alkyl halides is 3. The Morgan fingerprint density at radius 3 is 1.93 bits per heavy atom. The Hall–Kier alpha value is -3.81. The zero-order valence-electron chi connectivity index (χ0n) is 23.5. The first-order valence-corrected chi connectivity index (χ1v) is 13.3. The van der Waals surface area contributed by atoms with Crippen LogP contribution in [0.3, 0.4) is 0 Å². The molecular formula is C32H36F3NO4. The highest BCUT2D eigenvalue weighted by Crippen LogP contribution is 2.36. The van der Waals surface area contributed by atoms with Crippen molar-refractivity contribution >= 4 is 11.9 Å². The molecule has 0 heterocycles. The van der Waals surface area contributed by atoms with Gasteiger partial charge in [-0.2, -0.15) is 13.2 Å². The fourth-order valence-electron chi connectivity index (χ4n) is 4.81. The van der Waals surface area contributed by atoms with Crippen LogP contribution in [-0.2, 0) is 4.79 Å². The summed E-state index contributed by atoms with van der Waals surface area (Å²) in [5, 5.41) is 11.3. The van der Waals surface area contributed by atoms with Crippen LogP contribution in [0.15, 0.2) is 48.5 Å². The minimum atomic E-state index is -4.26. The second-order valence-electron chi connectivity index (χ2n) is 10.2. The van der Waals surface area contributed by atoms with Crippen LogP contribution >= 0.6 is 0 Å². The molecule has 1 amide bonds. The van der Waals surface area contributed by atoms with E-state index in [1.807, 2.05) is 24.3 Å². The van der Waals surface area contributed by atoms with Crippen molar-refractivity contribution in [2.45, 2.75) is 72.6 Å². The van der Waals surface area contributed by atoms with Crippen LogP contribution in [0.2, 0.25) is 0 Å². The number of halogens is 3. The maximum Gasteiger partial charge on any atom is 0.389 e. The zero-order valence-corrected chi connectivity index (χ0v) is 23.5. The number of benzene rings is 3. The molecule has 8 heteroatoms. The maximum atomic E-state index is 12.9. The van der Waals surface area contributed by atoms with Crippen LogP contribution in [0.5, 0.6) is 5.75 Å². The van der Waals surface area contributed by atoms with E-state index < -0.39 is 30.6 Å². The van der Waals surface area contributed by atoms with Gasteiger partial charge >= 0.3 is 12.1 Å². The molecule has 0 spiro atoms. The van der Waals surface area contributed by atoms with Gasteiger partial charge in [0.15, 0.2) is 0 Å². The standard InChI is InChI=1S/C32H36F3NO4/c1-19-20(2)22(4)30(23(5)21(19)3)25-12-14-27(15-13-25)40-28(7-6-17-32(33,34)35)24-8-10-26(11-9-24)31(39)36-18-16-29(37)38/h8-15,28H,6-7,16-18H2,1-5H3,(H,36,39)(H,37,38). The molecule has 0 aliphatic rings. The number of hydrogen-bond acceptors (Lipinski definition) is 3. The SMILES string of the molecule is Cc1c(C)c(C)c(-c2ccc(OC(CCCC(F)(F)F)c3ccc(C(=O)NCCC(=O)O)cc3)cc2)c(C)c1C. The normalized spacial score (nSPS) is 12.2. The van der Waals surface area contributed by atoms with Gasteiger partial charge in [0, 0.05) is 18.5 Å².